The Labute approximate surface area is 147 Å². The normalized spacial score (nSPS) is 10.7. The minimum atomic E-state index is -0.143. The highest BCUT2D eigenvalue weighted by atomic mass is 35.5. The van der Waals surface area contributed by atoms with E-state index in [4.69, 9.17) is 23.2 Å². The lowest BCUT2D eigenvalue weighted by molar-refractivity contribution is -0.115. The van der Waals surface area contributed by atoms with Crippen LogP contribution in [0.25, 0.3) is 0 Å². The maximum Gasteiger partial charge on any atom is 0.228 e. The first-order valence-electron chi connectivity index (χ1n) is 7.68. The maximum absolute atomic E-state index is 12.5. The van der Waals surface area contributed by atoms with Gasteiger partial charge in [0, 0.05) is 22.0 Å². The molecule has 0 aliphatic heterocycles. The van der Waals surface area contributed by atoms with Crippen molar-refractivity contribution in [2.75, 3.05) is 5.32 Å². The number of amides is 1. The molecule has 1 N–H and O–H groups in total. The third-order valence-electron chi connectivity index (χ3n) is 3.75. The van der Waals surface area contributed by atoms with Crippen LogP contribution in [0.4, 0.5) is 5.69 Å². The molecule has 5 heteroatoms. The molecule has 1 amide bonds. The molecule has 23 heavy (non-hydrogen) atoms. The molecule has 0 unspecified atom stereocenters. The molecule has 1 aromatic heterocycles. The van der Waals surface area contributed by atoms with E-state index in [-0.39, 0.29) is 17.5 Å². The Morgan fingerprint density at radius 1 is 1.17 bits per heavy atom. The third kappa shape index (κ3) is 4.24. The molecule has 0 radical (unpaired) electrons. The molecular formula is C18H20Cl2N2O. The minimum absolute atomic E-state index is 0.103. The highest BCUT2D eigenvalue weighted by Crippen LogP contribution is 2.26. The van der Waals surface area contributed by atoms with Crippen LogP contribution in [-0.2, 0) is 24.1 Å². The standard InChI is InChI=1S/C18H20Cl2N2O/c1-4-12-7-6-8-13(5-2)17(12)22-16(23)10-14-15(19)9-11(3)21-18(14)20/h6-9H,4-5,10H2,1-3H3,(H,22,23). The van der Waals surface area contributed by atoms with Crippen molar-refractivity contribution in [3.63, 3.8) is 0 Å². The first-order chi connectivity index (χ1) is 11.0. The van der Waals surface area contributed by atoms with Gasteiger partial charge in [0.2, 0.25) is 5.91 Å². The summed E-state index contributed by atoms with van der Waals surface area (Å²) in [5, 5.41) is 3.77. The Balaban J connectivity index is 2.24. The molecule has 0 spiro atoms. The maximum atomic E-state index is 12.5. The molecule has 2 rings (SSSR count). The summed E-state index contributed by atoms with van der Waals surface area (Å²) in [4.78, 5) is 16.6. The Kier molecular flexibility index (Phi) is 6.03. The number of pyridine rings is 1. The van der Waals surface area contributed by atoms with Crippen LogP contribution in [0.1, 0.15) is 36.2 Å². The number of para-hydroxylation sites is 1. The number of carbonyl (C=O) groups excluding carboxylic acids is 1. The quantitative estimate of drug-likeness (QED) is 0.770. The largest absolute Gasteiger partial charge is 0.325 e. The fourth-order valence-electron chi connectivity index (χ4n) is 2.53. The first kappa shape index (κ1) is 17.8. The molecule has 122 valence electrons. The highest BCUT2D eigenvalue weighted by molar-refractivity contribution is 6.35. The summed E-state index contributed by atoms with van der Waals surface area (Å²) in [5.74, 6) is -0.143. The lowest BCUT2D eigenvalue weighted by Gasteiger charge is -2.15. The number of benzene rings is 1. The molecule has 0 saturated carbocycles. The van der Waals surface area contributed by atoms with Gasteiger partial charge in [0.1, 0.15) is 5.15 Å². The highest BCUT2D eigenvalue weighted by Gasteiger charge is 2.15. The number of hydrogen-bond donors (Lipinski definition) is 1. The number of nitrogens with zero attached hydrogens (tertiary/aromatic N) is 1. The molecule has 0 aliphatic rings. The third-order valence-corrected chi connectivity index (χ3v) is 4.40. The molecule has 0 fully saturated rings. The summed E-state index contributed by atoms with van der Waals surface area (Å²) in [6.45, 7) is 5.96. The number of hydrogen-bond acceptors (Lipinski definition) is 2. The van der Waals surface area contributed by atoms with E-state index in [0.29, 0.717) is 10.6 Å². The van der Waals surface area contributed by atoms with Crippen molar-refractivity contribution in [3.05, 3.63) is 56.8 Å². The van der Waals surface area contributed by atoms with Gasteiger partial charge in [-0.2, -0.15) is 0 Å². The van der Waals surface area contributed by atoms with E-state index in [1.807, 2.05) is 25.1 Å². The van der Waals surface area contributed by atoms with Gasteiger partial charge in [-0.25, -0.2) is 4.98 Å². The van der Waals surface area contributed by atoms with Crippen LogP contribution in [0.2, 0.25) is 10.2 Å². The van der Waals surface area contributed by atoms with E-state index in [1.165, 1.54) is 0 Å². The zero-order valence-electron chi connectivity index (χ0n) is 13.5. The number of halogens is 2. The summed E-state index contributed by atoms with van der Waals surface area (Å²) in [5.41, 5.74) is 4.43. The SMILES string of the molecule is CCc1cccc(CC)c1NC(=O)Cc1c(Cl)cc(C)nc1Cl. The predicted octanol–water partition coefficient (Wildman–Crippen LogP) is 5.00. The van der Waals surface area contributed by atoms with Crippen molar-refractivity contribution in [2.24, 2.45) is 0 Å². The van der Waals surface area contributed by atoms with Crippen LogP contribution in [-0.4, -0.2) is 10.9 Å². The number of anilines is 1. The number of nitrogens with one attached hydrogen (secondary N) is 1. The van der Waals surface area contributed by atoms with Gasteiger partial charge in [-0.15, -0.1) is 0 Å². The van der Waals surface area contributed by atoms with E-state index in [0.717, 1.165) is 35.3 Å². The van der Waals surface area contributed by atoms with Crippen LogP contribution >= 0.6 is 23.2 Å². The van der Waals surface area contributed by atoms with Gasteiger partial charge in [0.15, 0.2) is 0 Å². The van der Waals surface area contributed by atoms with Gasteiger partial charge in [0.25, 0.3) is 0 Å². The van der Waals surface area contributed by atoms with Crippen LogP contribution in [0.5, 0.6) is 0 Å². The topological polar surface area (TPSA) is 42.0 Å². The second-order valence-electron chi connectivity index (χ2n) is 5.40. The van der Waals surface area contributed by atoms with Crippen molar-refractivity contribution < 1.29 is 4.79 Å². The average molecular weight is 351 g/mol. The molecule has 0 bridgehead atoms. The van der Waals surface area contributed by atoms with Crippen LogP contribution in [0.15, 0.2) is 24.3 Å². The fraction of sp³-hybridized carbons (Fsp3) is 0.333. The van der Waals surface area contributed by atoms with Gasteiger partial charge in [0.05, 0.1) is 6.42 Å². The monoisotopic (exact) mass is 350 g/mol. The van der Waals surface area contributed by atoms with E-state index in [9.17, 15) is 4.79 Å². The predicted molar refractivity (Wildman–Crippen MR) is 96.5 cm³/mol. The summed E-state index contributed by atoms with van der Waals surface area (Å²) in [6, 6.07) is 7.79. The Bertz CT molecular complexity index is 684. The summed E-state index contributed by atoms with van der Waals surface area (Å²) in [6.07, 6.45) is 1.82. The molecule has 1 heterocycles. The molecule has 0 atom stereocenters. The molecule has 1 aromatic carbocycles. The van der Waals surface area contributed by atoms with E-state index < -0.39 is 0 Å². The Hall–Kier alpha value is -1.58. The lowest BCUT2D eigenvalue weighted by Crippen LogP contribution is -2.17. The lowest BCUT2D eigenvalue weighted by atomic mass is 10.0. The van der Waals surface area contributed by atoms with Crippen molar-refractivity contribution in [3.8, 4) is 0 Å². The number of carbonyl (C=O) groups is 1. The first-order valence-corrected chi connectivity index (χ1v) is 8.44. The van der Waals surface area contributed by atoms with Crippen molar-refractivity contribution in [1.82, 2.24) is 4.98 Å². The van der Waals surface area contributed by atoms with Gasteiger partial charge in [-0.3, -0.25) is 4.79 Å². The van der Waals surface area contributed by atoms with Crippen LogP contribution in [0, 0.1) is 6.92 Å². The van der Waals surface area contributed by atoms with Crippen molar-refractivity contribution in [1.29, 1.82) is 0 Å². The molecule has 2 aromatic rings. The number of rotatable bonds is 5. The summed E-state index contributed by atoms with van der Waals surface area (Å²) >= 11 is 12.3. The second kappa shape index (κ2) is 7.80. The average Bonchev–Trinajstić information content (AvgIpc) is 2.51. The Morgan fingerprint density at radius 2 is 1.78 bits per heavy atom. The fourth-order valence-corrected chi connectivity index (χ4v) is 3.19. The van der Waals surface area contributed by atoms with E-state index in [1.54, 1.807) is 6.07 Å². The van der Waals surface area contributed by atoms with Crippen LogP contribution < -0.4 is 5.32 Å². The van der Waals surface area contributed by atoms with Gasteiger partial charge < -0.3 is 5.32 Å². The zero-order valence-corrected chi connectivity index (χ0v) is 15.1. The van der Waals surface area contributed by atoms with Gasteiger partial charge in [-0.05, 0) is 37.0 Å². The smallest absolute Gasteiger partial charge is 0.228 e. The second-order valence-corrected chi connectivity index (χ2v) is 6.16. The van der Waals surface area contributed by atoms with Crippen molar-refractivity contribution >= 4 is 34.8 Å². The van der Waals surface area contributed by atoms with Crippen LogP contribution in [0.3, 0.4) is 0 Å². The van der Waals surface area contributed by atoms with E-state index >= 15 is 0 Å². The zero-order chi connectivity index (χ0) is 17.0. The number of aryl methyl sites for hydroxylation is 3. The summed E-state index contributed by atoms with van der Waals surface area (Å²) in [7, 11) is 0. The Morgan fingerprint density at radius 3 is 2.30 bits per heavy atom. The molecular weight excluding hydrogens is 331 g/mol. The molecule has 3 nitrogen and oxygen atoms in total. The van der Waals surface area contributed by atoms with E-state index in [2.05, 4.69) is 24.1 Å². The van der Waals surface area contributed by atoms with Gasteiger partial charge >= 0.3 is 0 Å². The summed E-state index contributed by atoms with van der Waals surface area (Å²) < 4.78 is 0. The van der Waals surface area contributed by atoms with Crippen molar-refractivity contribution in [2.45, 2.75) is 40.0 Å². The minimum Gasteiger partial charge on any atom is -0.325 e. The van der Waals surface area contributed by atoms with Gasteiger partial charge in [-0.1, -0.05) is 55.2 Å². The number of aromatic nitrogens is 1. The molecule has 0 saturated heterocycles. The molecule has 0 aliphatic carbocycles.